The maximum Gasteiger partial charge on any atom is 0.0723 e. The van der Waals surface area contributed by atoms with E-state index in [0.29, 0.717) is 5.41 Å². The van der Waals surface area contributed by atoms with Crippen LogP contribution in [0, 0.1) is 23.2 Å². The van der Waals surface area contributed by atoms with Gasteiger partial charge in [-0.1, -0.05) is 19.3 Å². The van der Waals surface area contributed by atoms with Crippen LogP contribution in [-0.4, -0.2) is 35.7 Å². The van der Waals surface area contributed by atoms with Crippen molar-refractivity contribution in [1.82, 2.24) is 4.90 Å². The van der Waals surface area contributed by atoms with Gasteiger partial charge >= 0.3 is 0 Å². The highest BCUT2D eigenvalue weighted by Gasteiger charge is 2.54. The third-order valence-electron chi connectivity index (χ3n) is 7.17. The molecule has 5 fully saturated rings. The highest BCUT2D eigenvalue weighted by atomic mass is 16.3. The van der Waals surface area contributed by atoms with Crippen LogP contribution in [0.3, 0.4) is 0 Å². The van der Waals surface area contributed by atoms with Crippen molar-refractivity contribution in [2.75, 3.05) is 19.6 Å². The lowest BCUT2D eigenvalue weighted by atomic mass is 9.48. The first-order valence-electron chi connectivity index (χ1n) is 9.64. The molecule has 4 saturated carbocycles. The standard InChI is InChI=1S/C19H33NO/c21-18(14-20-6-4-2-1-3-5-7-20)19-11-15-8-16(12-19)10-17(9-15)13-19/h15-18,21H,1-14H2. The first kappa shape index (κ1) is 14.5. The second-order valence-corrected chi connectivity index (χ2v) is 8.86. The fourth-order valence-corrected chi connectivity index (χ4v) is 6.52. The summed E-state index contributed by atoms with van der Waals surface area (Å²) < 4.78 is 0. The lowest BCUT2D eigenvalue weighted by Crippen LogP contribution is -2.54. The highest BCUT2D eigenvalue weighted by molar-refractivity contribution is 5.04. The summed E-state index contributed by atoms with van der Waals surface area (Å²) in [6.45, 7) is 3.42. The zero-order chi connectivity index (χ0) is 14.3. The van der Waals surface area contributed by atoms with Crippen molar-refractivity contribution in [3.8, 4) is 0 Å². The van der Waals surface area contributed by atoms with Gasteiger partial charge < -0.3 is 10.0 Å². The van der Waals surface area contributed by atoms with E-state index in [2.05, 4.69) is 4.90 Å². The van der Waals surface area contributed by atoms with Gasteiger partial charge in [0.15, 0.2) is 0 Å². The molecule has 4 aliphatic carbocycles. The molecule has 1 N–H and O–H groups in total. The van der Waals surface area contributed by atoms with E-state index in [1.54, 1.807) is 0 Å². The molecule has 0 aromatic rings. The summed E-state index contributed by atoms with van der Waals surface area (Å²) >= 11 is 0. The lowest BCUT2D eigenvalue weighted by Gasteiger charge is -2.58. The molecule has 5 rings (SSSR count). The molecule has 5 aliphatic rings. The van der Waals surface area contributed by atoms with Crippen molar-refractivity contribution in [3.05, 3.63) is 0 Å². The zero-order valence-electron chi connectivity index (χ0n) is 13.6. The molecule has 1 aliphatic heterocycles. The average molecular weight is 291 g/mol. The van der Waals surface area contributed by atoms with Crippen molar-refractivity contribution in [2.24, 2.45) is 23.2 Å². The lowest BCUT2D eigenvalue weighted by molar-refractivity contribution is -0.127. The Morgan fingerprint density at radius 1 is 0.810 bits per heavy atom. The van der Waals surface area contributed by atoms with Crippen LogP contribution in [0.2, 0.25) is 0 Å². The SMILES string of the molecule is OC(CN1CCCCCCC1)C12CC3CC(CC(C3)C1)C2. The van der Waals surface area contributed by atoms with Gasteiger partial charge in [-0.25, -0.2) is 0 Å². The van der Waals surface area contributed by atoms with Gasteiger partial charge in [0.2, 0.25) is 0 Å². The van der Waals surface area contributed by atoms with Crippen LogP contribution < -0.4 is 0 Å². The molecule has 0 aromatic heterocycles. The summed E-state index contributed by atoms with van der Waals surface area (Å²) in [4.78, 5) is 2.59. The second kappa shape index (κ2) is 5.85. The van der Waals surface area contributed by atoms with Crippen LogP contribution in [-0.2, 0) is 0 Å². The molecule has 1 unspecified atom stereocenters. The van der Waals surface area contributed by atoms with Crippen LogP contribution in [0.5, 0.6) is 0 Å². The van der Waals surface area contributed by atoms with Crippen molar-refractivity contribution in [2.45, 2.75) is 76.7 Å². The number of aliphatic hydroxyl groups excluding tert-OH is 1. The van der Waals surface area contributed by atoms with Crippen molar-refractivity contribution < 1.29 is 5.11 Å². The van der Waals surface area contributed by atoms with Crippen molar-refractivity contribution in [3.63, 3.8) is 0 Å². The van der Waals surface area contributed by atoms with Gasteiger partial charge in [0.05, 0.1) is 6.10 Å². The Morgan fingerprint density at radius 3 is 1.81 bits per heavy atom. The molecule has 2 nitrogen and oxygen atoms in total. The number of rotatable bonds is 3. The molecule has 1 saturated heterocycles. The Hall–Kier alpha value is -0.0800. The summed E-state index contributed by atoms with van der Waals surface area (Å²) in [7, 11) is 0. The van der Waals surface area contributed by atoms with Crippen molar-refractivity contribution in [1.29, 1.82) is 0 Å². The van der Waals surface area contributed by atoms with Gasteiger partial charge in [-0.05, 0) is 87.6 Å². The minimum atomic E-state index is -0.0506. The summed E-state index contributed by atoms with van der Waals surface area (Å²) in [6, 6.07) is 0. The van der Waals surface area contributed by atoms with Gasteiger partial charge in [0, 0.05) is 6.54 Å². The molecule has 0 amide bonds. The molecule has 0 aromatic carbocycles. The van der Waals surface area contributed by atoms with Crippen LogP contribution >= 0.6 is 0 Å². The van der Waals surface area contributed by atoms with E-state index in [1.807, 2.05) is 0 Å². The quantitative estimate of drug-likeness (QED) is 0.854. The minimum absolute atomic E-state index is 0.0506. The molecule has 120 valence electrons. The second-order valence-electron chi connectivity index (χ2n) is 8.86. The van der Waals surface area contributed by atoms with E-state index < -0.39 is 0 Å². The molecule has 1 heterocycles. The third kappa shape index (κ3) is 2.91. The predicted molar refractivity (Wildman–Crippen MR) is 86.1 cm³/mol. The normalized spacial score (nSPS) is 45.3. The Labute approximate surface area is 130 Å². The minimum Gasteiger partial charge on any atom is -0.391 e. The predicted octanol–water partition coefficient (Wildman–Crippen LogP) is 3.83. The zero-order valence-corrected chi connectivity index (χ0v) is 13.6. The van der Waals surface area contributed by atoms with E-state index in [-0.39, 0.29) is 6.10 Å². The first-order valence-corrected chi connectivity index (χ1v) is 9.64. The van der Waals surface area contributed by atoms with E-state index in [4.69, 9.17) is 0 Å². The van der Waals surface area contributed by atoms with E-state index in [9.17, 15) is 5.11 Å². The molecule has 0 radical (unpaired) electrons. The fraction of sp³-hybridized carbons (Fsp3) is 1.00. The van der Waals surface area contributed by atoms with Crippen LogP contribution in [0.4, 0.5) is 0 Å². The summed E-state index contributed by atoms with van der Waals surface area (Å²) in [5.74, 6) is 2.87. The Kier molecular flexibility index (Phi) is 4.04. The maximum atomic E-state index is 11.1. The van der Waals surface area contributed by atoms with Gasteiger partial charge in [0.1, 0.15) is 0 Å². The van der Waals surface area contributed by atoms with E-state index >= 15 is 0 Å². The molecule has 2 heteroatoms. The number of likely N-dealkylation sites (tertiary alicyclic amines) is 1. The fourth-order valence-electron chi connectivity index (χ4n) is 6.52. The number of aliphatic hydroxyl groups is 1. The van der Waals surface area contributed by atoms with Gasteiger partial charge in [-0.3, -0.25) is 0 Å². The van der Waals surface area contributed by atoms with Crippen molar-refractivity contribution >= 4 is 0 Å². The van der Waals surface area contributed by atoms with Gasteiger partial charge in [0.25, 0.3) is 0 Å². The molecule has 21 heavy (non-hydrogen) atoms. The molecular formula is C19H33NO. The molecule has 4 bridgehead atoms. The number of hydrogen-bond acceptors (Lipinski definition) is 2. The smallest absolute Gasteiger partial charge is 0.0723 e. The summed E-state index contributed by atoms with van der Waals surface area (Å²) in [5.41, 5.74) is 0.317. The third-order valence-corrected chi connectivity index (χ3v) is 7.17. The molecule has 0 spiro atoms. The number of nitrogens with zero attached hydrogens (tertiary/aromatic N) is 1. The Morgan fingerprint density at radius 2 is 1.29 bits per heavy atom. The average Bonchev–Trinajstić information content (AvgIpc) is 2.40. The van der Waals surface area contributed by atoms with Crippen LogP contribution in [0.15, 0.2) is 0 Å². The van der Waals surface area contributed by atoms with Crippen LogP contribution in [0.1, 0.15) is 70.6 Å². The topological polar surface area (TPSA) is 23.5 Å². The van der Waals surface area contributed by atoms with Crippen LogP contribution in [0.25, 0.3) is 0 Å². The largest absolute Gasteiger partial charge is 0.391 e. The number of β-amino-alcohol motifs (C(OH)–C–C–N with tert-alkyl or cyclic N) is 1. The Balaban J connectivity index is 1.40. The Bertz CT molecular complexity index is 323. The first-order chi connectivity index (χ1) is 10.2. The van der Waals surface area contributed by atoms with E-state index in [1.165, 1.54) is 83.7 Å². The monoisotopic (exact) mass is 291 g/mol. The van der Waals surface area contributed by atoms with Gasteiger partial charge in [-0.2, -0.15) is 0 Å². The highest BCUT2D eigenvalue weighted by Crippen LogP contribution is 2.61. The van der Waals surface area contributed by atoms with E-state index in [0.717, 1.165) is 24.3 Å². The molecular weight excluding hydrogens is 258 g/mol. The van der Waals surface area contributed by atoms with Gasteiger partial charge in [-0.15, -0.1) is 0 Å². The number of hydrogen-bond donors (Lipinski definition) is 1. The maximum absolute atomic E-state index is 11.1. The summed E-state index contributed by atoms with van der Waals surface area (Å²) in [5, 5.41) is 11.1. The molecule has 1 atom stereocenters. The summed E-state index contributed by atoms with van der Waals surface area (Å²) in [6.07, 6.45) is 15.3.